The van der Waals surface area contributed by atoms with E-state index in [0.29, 0.717) is 0 Å². The van der Waals surface area contributed by atoms with E-state index >= 15 is 4.39 Å². The minimum absolute atomic E-state index is 0.0107. The molecule has 0 aliphatic carbocycles. The number of nitrogens with one attached hydrogen (secondary N) is 1. The van der Waals surface area contributed by atoms with Crippen LogP contribution in [0.5, 0.6) is 0 Å². The fourth-order valence-electron chi connectivity index (χ4n) is 2.88. The third-order valence-electron chi connectivity index (χ3n) is 4.02. The molecule has 0 spiro atoms. The van der Waals surface area contributed by atoms with Crippen molar-refractivity contribution in [1.29, 1.82) is 0 Å². The number of H-pyrrole nitrogens is 1. The molecular weight excluding hydrogens is 365 g/mol. The number of rotatable bonds is 3. The number of hydrogen-bond acceptors (Lipinski definition) is 8. The molecule has 5 N–H and O–H groups in total. The average molecular weight is 381 g/mol. The molecular formula is C14H16FN7O3S. The zero-order valence-electron chi connectivity index (χ0n) is 13.8. The number of nitrogens with two attached hydrogens (primary N) is 1. The third kappa shape index (κ3) is 2.74. The topological polar surface area (TPSA) is 147 Å². The average Bonchev–Trinajstić information content (AvgIpc) is 3.09. The Morgan fingerprint density at radius 1 is 1.62 bits per heavy atom. The first-order chi connectivity index (χ1) is 12.3. The van der Waals surface area contributed by atoms with Gasteiger partial charge in [0.1, 0.15) is 23.4 Å². The minimum atomic E-state index is -2.49. The highest BCUT2D eigenvalue weighted by Gasteiger charge is 2.59. The predicted molar refractivity (Wildman–Crippen MR) is 90.3 cm³/mol. The molecule has 3 heterocycles. The molecule has 2 aromatic rings. The van der Waals surface area contributed by atoms with E-state index in [-0.39, 0.29) is 21.8 Å². The van der Waals surface area contributed by atoms with Crippen molar-refractivity contribution in [2.45, 2.75) is 44.1 Å². The van der Waals surface area contributed by atoms with E-state index in [1.165, 1.54) is 24.7 Å². The van der Waals surface area contributed by atoms with E-state index in [0.717, 1.165) is 0 Å². The Bertz CT molecular complexity index is 978. The predicted octanol–water partition coefficient (Wildman–Crippen LogP) is 0.817. The monoisotopic (exact) mass is 381 g/mol. The van der Waals surface area contributed by atoms with Gasteiger partial charge in [0.2, 0.25) is 5.67 Å². The van der Waals surface area contributed by atoms with E-state index in [1.807, 2.05) is 0 Å². The molecule has 12 heteroatoms. The van der Waals surface area contributed by atoms with Crippen molar-refractivity contribution < 1.29 is 19.3 Å². The van der Waals surface area contributed by atoms with E-state index in [2.05, 4.69) is 37.1 Å². The Balaban J connectivity index is 2.20. The summed E-state index contributed by atoms with van der Waals surface area (Å²) in [5.74, 6) is 9.80. The Labute approximate surface area is 151 Å². The van der Waals surface area contributed by atoms with Crippen LogP contribution in [0.25, 0.3) is 11.2 Å². The first-order valence-electron chi connectivity index (χ1n) is 7.55. The summed E-state index contributed by atoms with van der Waals surface area (Å²) in [4.78, 5) is 10.8. The maximum atomic E-state index is 15.6. The van der Waals surface area contributed by atoms with Gasteiger partial charge in [-0.15, -0.1) is 5.92 Å². The van der Waals surface area contributed by atoms with Gasteiger partial charge in [-0.05, 0) is 13.8 Å². The molecule has 1 unspecified atom stereocenters. The van der Waals surface area contributed by atoms with E-state index in [9.17, 15) is 10.2 Å². The van der Waals surface area contributed by atoms with Crippen LogP contribution in [-0.4, -0.2) is 53.7 Å². The minimum Gasteiger partial charge on any atom is -0.391 e. The number of imidazole rings is 1. The highest BCUT2D eigenvalue weighted by molar-refractivity contribution is 7.71. The lowest BCUT2D eigenvalue weighted by atomic mass is 9.94. The summed E-state index contributed by atoms with van der Waals surface area (Å²) in [6, 6.07) is 0. The molecule has 1 aliphatic rings. The number of aliphatic hydroxyl groups excluding tert-OH is 2. The van der Waals surface area contributed by atoms with Gasteiger partial charge in [-0.1, -0.05) is 28.5 Å². The van der Waals surface area contributed by atoms with Gasteiger partial charge in [0.25, 0.3) is 5.95 Å². The van der Waals surface area contributed by atoms with Crippen molar-refractivity contribution in [3.05, 3.63) is 11.0 Å². The van der Waals surface area contributed by atoms with Crippen molar-refractivity contribution in [1.82, 2.24) is 19.5 Å². The highest BCUT2D eigenvalue weighted by atomic mass is 32.1. The summed E-state index contributed by atoms with van der Waals surface area (Å²) < 4.78 is 22.6. The Kier molecular flexibility index (Phi) is 4.72. The number of aliphatic hydroxyl groups is 2. The molecule has 1 aliphatic heterocycles. The summed E-state index contributed by atoms with van der Waals surface area (Å²) in [6.45, 7) is 2.82. The van der Waals surface area contributed by atoms with Crippen LogP contribution in [-0.2, 0) is 4.74 Å². The maximum Gasteiger partial charge on any atom is 0.251 e. The summed E-state index contributed by atoms with van der Waals surface area (Å²) in [5.41, 5.74) is -1.99. The second-order valence-electron chi connectivity index (χ2n) is 5.71. The van der Waals surface area contributed by atoms with Gasteiger partial charge in [0, 0.05) is 0 Å². The van der Waals surface area contributed by atoms with E-state index in [1.54, 1.807) is 0 Å². The van der Waals surface area contributed by atoms with Gasteiger partial charge in [-0.3, -0.25) is 4.57 Å². The standard InChI is InChI=1S/C14H16FN7O3S/c1-3-4-14(15)9(24)8(6(2)23)25-12(14)22-5-17-7-10(22)18-13(20-21-16)19-11(7)26/h5-6,8-9,12,23-24H,1-2H3,(H3,16,18,19,20,26)/t6-,8+,9?,12+,14+/m0/s1. The SMILES string of the molecule is CC#C[C@@]1(F)C(O)[C@@H]([C@H](C)O)O[C@H]1n1cnc2c(=S)nc(N=NN)[nH]c21. The summed E-state index contributed by atoms with van der Waals surface area (Å²) in [7, 11) is 0. The molecule has 0 aromatic carbocycles. The smallest absolute Gasteiger partial charge is 0.251 e. The van der Waals surface area contributed by atoms with E-state index < -0.39 is 30.2 Å². The van der Waals surface area contributed by atoms with Gasteiger partial charge in [-0.2, -0.15) is 4.98 Å². The first kappa shape index (κ1) is 18.3. The number of fused-ring (bicyclic) bond motifs is 1. The Morgan fingerprint density at radius 2 is 2.35 bits per heavy atom. The number of ether oxygens (including phenoxy) is 1. The zero-order valence-corrected chi connectivity index (χ0v) is 14.6. The molecule has 10 nitrogen and oxygen atoms in total. The molecule has 3 rings (SSSR count). The highest BCUT2D eigenvalue weighted by Crippen LogP contribution is 2.43. The number of aromatic nitrogens is 4. The van der Waals surface area contributed by atoms with Crippen molar-refractivity contribution in [3.8, 4) is 11.8 Å². The second kappa shape index (κ2) is 6.69. The summed E-state index contributed by atoms with van der Waals surface area (Å²) >= 11 is 5.14. The molecule has 1 fully saturated rings. The van der Waals surface area contributed by atoms with Crippen molar-refractivity contribution in [2.75, 3.05) is 0 Å². The molecule has 5 atom stereocenters. The Hall–Kier alpha value is -2.46. The molecule has 0 bridgehead atoms. The van der Waals surface area contributed by atoms with Crippen molar-refractivity contribution in [2.24, 2.45) is 16.2 Å². The summed E-state index contributed by atoms with van der Waals surface area (Å²) in [6.07, 6.45) is -4.11. The Morgan fingerprint density at radius 3 is 2.96 bits per heavy atom. The lowest BCUT2D eigenvalue weighted by Crippen LogP contribution is -2.44. The number of nitrogens with zero attached hydrogens (tertiary/aromatic N) is 5. The van der Waals surface area contributed by atoms with Crippen LogP contribution in [0.2, 0.25) is 0 Å². The fourth-order valence-corrected chi connectivity index (χ4v) is 3.12. The largest absolute Gasteiger partial charge is 0.391 e. The number of halogens is 1. The van der Waals surface area contributed by atoms with Crippen LogP contribution in [0.1, 0.15) is 20.1 Å². The molecule has 138 valence electrons. The molecule has 26 heavy (non-hydrogen) atoms. The zero-order chi connectivity index (χ0) is 19.1. The molecule has 0 amide bonds. The van der Waals surface area contributed by atoms with Crippen LogP contribution >= 0.6 is 12.2 Å². The number of alkyl halides is 1. The fraction of sp³-hybridized carbons (Fsp3) is 0.500. The lowest BCUT2D eigenvalue weighted by Gasteiger charge is -2.24. The summed E-state index contributed by atoms with van der Waals surface area (Å²) in [5, 5.41) is 26.9. The number of aromatic amines is 1. The van der Waals surface area contributed by atoms with E-state index in [4.69, 9.17) is 22.8 Å². The molecule has 0 saturated carbocycles. The van der Waals surface area contributed by atoms with Gasteiger partial charge in [0.05, 0.1) is 12.4 Å². The van der Waals surface area contributed by atoms with Gasteiger partial charge in [-0.25, -0.2) is 9.37 Å². The normalized spacial score (nSPS) is 29.8. The number of hydrogen-bond donors (Lipinski definition) is 4. The van der Waals surface area contributed by atoms with Crippen LogP contribution < -0.4 is 5.84 Å². The molecule has 2 aromatic heterocycles. The van der Waals surface area contributed by atoms with Gasteiger partial charge < -0.3 is 25.8 Å². The molecule has 1 saturated heterocycles. The van der Waals surface area contributed by atoms with Crippen LogP contribution in [0.4, 0.5) is 10.3 Å². The second-order valence-corrected chi connectivity index (χ2v) is 6.10. The third-order valence-corrected chi connectivity index (χ3v) is 4.30. The van der Waals surface area contributed by atoms with Crippen molar-refractivity contribution >= 4 is 29.3 Å². The lowest BCUT2D eigenvalue weighted by molar-refractivity contribution is -0.0776. The van der Waals surface area contributed by atoms with Gasteiger partial charge >= 0.3 is 0 Å². The molecule has 0 radical (unpaired) electrons. The maximum absolute atomic E-state index is 15.6. The van der Waals surface area contributed by atoms with Gasteiger partial charge in [0.15, 0.2) is 10.9 Å². The van der Waals surface area contributed by atoms with Crippen molar-refractivity contribution in [3.63, 3.8) is 0 Å². The van der Waals surface area contributed by atoms with Crippen LogP contribution in [0.15, 0.2) is 16.7 Å². The quantitative estimate of drug-likeness (QED) is 0.202. The van der Waals surface area contributed by atoms with Crippen LogP contribution in [0, 0.1) is 16.5 Å². The first-order valence-corrected chi connectivity index (χ1v) is 7.96. The van der Waals surface area contributed by atoms with Crippen LogP contribution in [0.3, 0.4) is 0 Å².